The van der Waals surface area contributed by atoms with E-state index >= 15 is 0 Å². The summed E-state index contributed by atoms with van der Waals surface area (Å²) in [7, 11) is 0. The van der Waals surface area contributed by atoms with Crippen LogP contribution in [0.1, 0.15) is 11.1 Å². The minimum Gasteiger partial charge on any atom is -0.375 e. The second-order valence-electron chi connectivity index (χ2n) is 3.85. The maximum atomic E-state index is 5.58. The highest BCUT2D eigenvalue weighted by atomic mass is 32.1. The zero-order valence-electron chi connectivity index (χ0n) is 9.76. The van der Waals surface area contributed by atoms with Gasteiger partial charge in [0.2, 0.25) is 0 Å². The van der Waals surface area contributed by atoms with E-state index in [0.717, 1.165) is 19.7 Å². The van der Waals surface area contributed by atoms with Crippen LogP contribution in [0.5, 0.6) is 0 Å². The van der Waals surface area contributed by atoms with Gasteiger partial charge in [-0.1, -0.05) is 30.3 Å². The molecule has 1 aromatic carbocycles. The van der Waals surface area contributed by atoms with E-state index in [1.165, 1.54) is 11.1 Å². The minimum absolute atomic E-state index is 0.695. The molecule has 0 radical (unpaired) electrons. The minimum atomic E-state index is 0.695. The molecule has 0 bridgehead atoms. The van der Waals surface area contributed by atoms with Crippen molar-refractivity contribution in [1.29, 1.82) is 0 Å². The molecule has 0 amide bonds. The lowest BCUT2D eigenvalue weighted by Gasteiger charge is -2.05. The summed E-state index contributed by atoms with van der Waals surface area (Å²) in [6.07, 6.45) is 0. The molecule has 1 heterocycles. The van der Waals surface area contributed by atoms with Gasteiger partial charge in [0.15, 0.2) is 0 Å². The van der Waals surface area contributed by atoms with Crippen LogP contribution in [0.4, 0.5) is 0 Å². The van der Waals surface area contributed by atoms with Crippen LogP contribution in [0, 0.1) is 0 Å². The molecular formula is C14H17NOS. The third-order valence-corrected chi connectivity index (χ3v) is 3.18. The molecule has 0 aliphatic rings. The average Bonchev–Trinajstić information content (AvgIpc) is 2.88. The summed E-state index contributed by atoms with van der Waals surface area (Å²) in [4.78, 5) is 0. The quantitative estimate of drug-likeness (QED) is 0.759. The van der Waals surface area contributed by atoms with E-state index < -0.39 is 0 Å². The molecule has 0 unspecified atom stereocenters. The number of benzene rings is 1. The molecule has 0 saturated carbocycles. The third kappa shape index (κ3) is 4.69. The predicted octanol–water partition coefficient (Wildman–Crippen LogP) is 3.05. The number of rotatable bonds is 7. The zero-order valence-corrected chi connectivity index (χ0v) is 10.6. The van der Waals surface area contributed by atoms with E-state index in [4.69, 9.17) is 4.74 Å². The summed E-state index contributed by atoms with van der Waals surface area (Å²) in [6, 6.07) is 12.4. The van der Waals surface area contributed by atoms with Crippen LogP contribution >= 0.6 is 11.3 Å². The van der Waals surface area contributed by atoms with Crippen molar-refractivity contribution in [2.45, 2.75) is 13.2 Å². The van der Waals surface area contributed by atoms with E-state index in [9.17, 15) is 0 Å². The molecule has 2 nitrogen and oxygen atoms in total. The Labute approximate surface area is 106 Å². The Hall–Kier alpha value is -1.16. The Morgan fingerprint density at radius 1 is 1.06 bits per heavy atom. The molecule has 2 rings (SSSR count). The normalized spacial score (nSPS) is 10.6. The Kier molecular flexibility index (Phi) is 5.23. The summed E-state index contributed by atoms with van der Waals surface area (Å²) >= 11 is 1.73. The number of hydrogen-bond donors (Lipinski definition) is 1. The van der Waals surface area contributed by atoms with E-state index in [0.29, 0.717) is 6.61 Å². The van der Waals surface area contributed by atoms with E-state index in [1.807, 2.05) is 18.2 Å². The highest BCUT2D eigenvalue weighted by Gasteiger charge is 1.93. The molecule has 90 valence electrons. The summed E-state index contributed by atoms with van der Waals surface area (Å²) in [6.45, 7) is 3.26. The molecule has 0 spiro atoms. The topological polar surface area (TPSA) is 21.3 Å². The van der Waals surface area contributed by atoms with Gasteiger partial charge in [0, 0.05) is 13.1 Å². The van der Waals surface area contributed by atoms with Crippen molar-refractivity contribution in [3.63, 3.8) is 0 Å². The smallest absolute Gasteiger partial charge is 0.0717 e. The van der Waals surface area contributed by atoms with Crippen LogP contribution in [0.3, 0.4) is 0 Å². The van der Waals surface area contributed by atoms with Crippen molar-refractivity contribution in [3.05, 3.63) is 58.3 Å². The van der Waals surface area contributed by atoms with Crippen LogP contribution in [-0.2, 0) is 17.9 Å². The molecule has 0 saturated heterocycles. The fraction of sp³-hybridized carbons (Fsp3) is 0.286. The maximum absolute atomic E-state index is 5.58. The van der Waals surface area contributed by atoms with Gasteiger partial charge in [0.1, 0.15) is 0 Å². The Bertz CT molecular complexity index is 399. The van der Waals surface area contributed by atoms with Gasteiger partial charge in [-0.3, -0.25) is 0 Å². The highest BCUT2D eigenvalue weighted by Crippen LogP contribution is 2.04. The van der Waals surface area contributed by atoms with Crippen LogP contribution < -0.4 is 5.32 Å². The molecule has 0 fully saturated rings. The second-order valence-corrected chi connectivity index (χ2v) is 4.63. The van der Waals surface area contributed by atoms with Crippen molar-refractivity contribution in [2.24, 2.45) is 0 Å². The number of nitrogens with one attached hydrogen (secondary N) is 1. The van der Waals surface area contributed by atoms with Crippen molar-refractivity contribution >= 4 is 11.3 Å². The Balaban J connectivity index is 1.52. The predicted molar refractivity (Wildman–Crippen MR) is 72.1 cm³/mol. The molecule has 0 aliphatic carbocycles. The summed E-state index contributed by atoms with van der Waals surface area (Å²) in [5.74, 6) is 0. The first-order valence-electron chi connectivity index (χ1n) is 5.78. The zero-order chi connectivity index (χ0) is 11.8. The van der Waals surface area contributed by atoms with Gasteiger partial charge >= 0.3 is 0 Å². The van der Waals surface area contributed by atoms with E-state index in [-0.39, 0.29) is 0 Å². The summed E-state index contributed by atoms with van der Waals surface area (Å²) in [5.41, 5.74) is 2.57. The van der Waals surface area contributed by atoms with E-state index in [1.54, 1.807) is 11.3 Å². The van der Waals surface area contributed by atoms with Crippen molar-refractivity contribution in [2.75, 3.05) is 13.2 Å². The molecule has 1 N–H and O–H groups in total. The SMILES string of the molecule is c1ccc(COCCNCc2ccsc2)cc1. The van der Waals surface area contributed by atoms with Gasteiger partial charge in [-0.15, -0.1) is 0 Å². The fourth-order valence-electron chi connectivity index (χ4n) is 1.53. The van der Waals surface area contributed by atoms with Crippen LogP contribution in [-0.4, -0.2) is 13.2 Å². The van der Waals surface area contributed by atoms with Gasteiger partial charge in [0.05, 0.1) is 13.2 Å². The molecule has 17 heavy (non-hydrogen) atoms. The lowest BCUT2D eigenvalue weighted by atomic mass is 10.2. The second kappa shape index (κ2) is 7.22. The van der Waals surface area contributed by atoms with Gasteiger partial charge in [-0.05, 0) is 28.0 Å². The Morgan fingerprint density at radius 3 is 2.71 bits per heavy atom. The standard InChI is InChI=1S/C14H17NOS/c1-2-4-13(5-3-1)11-16-8-7-15-10-14-6-9-17-12-14/h1-6,9,12,15H,7-8,10-11H2. The van der Waals surface area contributed by atoms with Gasteiger partial charge in [0.25, 0.3) is 0 Å². The number of thiophene rings is 1. The van der Waals surface area contributed by atoms with E-state index in [2.05, 4.69) is 34.3 Å². The van der Waals surface area contributed by atoms with Gasteiger partial charge in [-0.2, -0.15) is 11.3 Å². The first-order chi connectivity index (χ1) is 8.45. The lowest BCUT2D eigenvalue weighted by molar-refractivity contribution is 0.122. The van der Waals surface area contributed by atoms with Crippen molar-refractivity contribution in [1.82, 2.24) is 5.32 Å². The number of hydrogen-bond acceptors (Lipinski definition) is 3. The van der Waals surface area contributed by atoms with Gasteiger partial charge < -0.3 is 10.1 Å². The largest absolute Gasteiger partial charge is 0.375 e. The van der Waals surface area contributed by atoms with Crippen molar-refractivity contribution < 1.29 is 4.74 Å². The van der Waals surface area contributed by atoms with Crippen LogP contribution in [0.25, 0.3) is 0 Å². The first-order valence-corrected chi connectivity index (χ1v) is 6.73. The fourth-order valence-corrected chi connectivity index (χ4v) is 2.20. The Morgan fingerprint density at radius 2 is 1.94 bits per heavy atom. The average molecular weight is 247 g/mol. The monoisotopic (exact) mass is 247 g/mol. The van der Waals surface area contributed by atoms with Crippen molar-refractivity contribution in [3.8, 4) is 0 Å². The lowest BCUT2D eigenvalue weighted by Crippen LogP contribution is -2.18. The molecule has 0 aliphatic heterocycles. The summed E-state index contributed by atoms with van der Waals surface area (Å²) < 4.78 is 5.58. The number of ether oxygens (including phenoxy) is 1. The summed E-state index contributed by atoms with van der Waals surface area (Å²) in [5, 5.41) is 7.62. The van der Waals surface area contributed by atoms with Gasteiger partial charge in [-0.25, -0.2) is 0 Å². The third-order valence-electron chi connectivity index (χ3n) is 2.44. The first kappa shape index (κ1) is 12.3. The molecular weight excluding hydrogens is 230 g/mol. The molecule has 2 aromatic rings. The highest BCUT2D eigenvalue weighted by molar-refractivity contribution is 7.07. The van der Waals surface area contributed by atoms with Crippen LogP contribution in [0.2, 0.25) is 0 Å². The maximum Gasteiger partial charge on any atom is 0.0717 e. The molecule has 1 aromatic heterocycles. The molecule has 3 heteroatoms. The molecule has 0 atom stereocenters. The van der Waals surface area contributed by atoms with Crippen LogP contribution in [0.15, 0.2) is 47.2 Å².